The third kappa shape index (κ3) is 2.19. The van der Waals surface area contributed by atoms with Gasteiger partial charge in [-0.2, -0.15) is 0 Å². The Morgan fingerprint density at radius 1 is 1.22 bits per heavy atom. The topological polar surface area (TPSA) is 49.4 Å². The van der Waals surface area contributed by atoms with E-state index in [9.17, 15) is 9.59 Å². The van der Waals surface area contributed by atoms with Crippen molar-refractivity contribution in [3.63, 3.8) is 0 Å². The van der Waals surface area contributed by atoms with Crippen molar-refractivity contribution < 1.29 is 9.59 Å². The van der Waals surface area contributed by atoms with E-state index in [1.807, 2.05) is 6.92 Å². The van der Waals surface area contributed by atoms with Crippen molar-refractivity contribution in [1.82, 2.24) is 10.2 Å². The molecule has 1 aliphatic heterocycles. The normalized spacial score (nSPS) is 13.9. The monoisotopic (exact) mass is 244 g/mol. The SMILES string of the molecule is C=C(CNCC)CN1C(=O)c2ccccc2C1=O. The van der Waals surface area contributed by atoms with E-state index < -0.39 is 0 Å². The Morgan fingerprint density at radius 3 is 2.28 bits per heavy atom. The van der Waals surface area contributed by atoms with Crippen LogP contribution < -0.4 is 5.32 Å². The van der Waals surface area contributed by atoms with Crippen LogP contribution in [0.4, 0.5) is 0 Å². The van der Waals surface area contributed by atoms with Crippen LogP contribution in [0.1, 0.15) is 27.6 Å². The molecule has 0 radical (unpaired) electrons. The lowest BCUT2D eigenvalue weighted by atomic mass is 10.1. The first kappa shape index (κ1) is 12.5. The van der Waals surface area contributed by atoms with E-state index in [0.29, 0.717) is 17.7 Å². The minimum atomic E-state index is -0.228. The van der Waals surface area contributed by atoms with Gasteiger partial charge < -0.3 is 5.32 Å². The zero-order valence-corrected chi connectivity index (χ0v) is 10.4. The fourth-order valence-corrected chi connectivity index (χ4v) is 1.96. The van der Waals surface area contributed by atoms with E-state index in [-0.39, 0.29) is 18.4 Å². The van der Waals surface area contributed by atoms with Gasteiger partial charge in [0.05, 0.1) is 17.7 Å². The van der Waals surface area contributed by atoms with Gasteiger partial charge in [-0.05, 0) is 24.3 Å². The fourth-order valence-electron chi connectivity index (χ4n) is 1.96. The van der Waals surface area contributed by atoms with Crippen molar-refractivity contribution in [3.05, 3.63) is 47.5 Å². The summed E-state index contributed by atoms with van der Waals surface area (Å²) in [5, 5.41) is 3.12. The highest BCUT2D eigenvalue weighted by molar-refractivity contribution is 6.21. The molecule has 0 aliphatic carbocycles. The maximum Gasteiger partial charge on any atom is 0.261 e. The van der Waals surface area contributed by atoms with E-state index >= 15 is 0 Å². The molecular weight excluding hydrogens is 228 g/mol. The summed E-state index contributed by atoms with van der Waals surface area (Å²) in [5.41, 5.74) is 1.80. The maximum absolute atomic E-state index is 12.1. The second-order valence-corrected chi connectivity index (χ2v) is 4.27. The highest BCUT2D eigenvalue weighted by atomic mass is 16.2. The Morgan fingerprint density at radius 2 is 1.78 bits per heavy atom. The number of carbonyl (C=O) groups is 2. The van der Waals surface area contributed by atoms with Crippen LogP contribution in [0.25, 0.3) is 0 Å². The molecule has 0 unspecified atom stereocenters. The van der Waals surface area contributed by atoms with Crippen molar-refractivity contribution >= 4 is 11.8 Å². The Bertz CT molecular complexity index is 473. The molecule has 2 amide bonds. The van der Waals surface area contributed by atoms with E-state index in [1.54, 1.807) is 24.3 Å². The first-order valence-electron chi connectivity index (χ1n) is 5.97. The molecule has 0 aromatic heterocycles. The predicted octanol–water partition coefficient (Wildman–Crippen LogP) is 1.45. The third-order valence-electron chi connectivity index (χ3n) is 2.88. The van der Waals surface area contributed by atoms with E-state index in [2.05, 4.69) is 11.9 Å². The number of amides is 2. The third-order valence-corrected chi connectivity index (χ3v) is 2.88. The summed E-state index contributed by atoms with van der Waals surface area (Å²) in [6, 6.07) is 6.90. The Balaban J connectivity index is 2.11. The van der Waals surface area contributed by atoms with Gasteiger partial charge in [-0.1, -0.05) is 25.6 Å². The zero-order chi connectivity index (χ0) is 13.1. The molecule has 4 heteroatoms. The van der Waals surface area contributed by atoms with Crippen molar-refractivity contribution in [1.29, 1.82) is 0 Å². The molecule has 1 aromatic carbocycles. The molecule has 18 heavy (non-hydrogen) atoms. The average molecular weight is 244 g/mol. The standard InChI is InChI=1S/C14H16N2O2/c1-3-15-8-10(2)9-16-13(17)11-6-4-5-7-12(11)14(16)18/h4-7,15H,2-3,8-9H2,1H3. The summed E-state index contributed by atoms with van der Waals surface area (Å²) in [7, 11) is 0. The molecule has 1 aliphatic rings. The van der Waals surface area contributed by atoms with Crippen molar-refractivity contribution in [2.45, 2.75) is 6.92 Å². The molecule has 0 saturated heterocycles. The van der Waals surface area contributed by atoms with Gasteiger partial charge in [0.2, 0.25) is 0 Å². The van der Waals surface area contributed by atoms with Crippen LogP contribution in [0.5, 0.6) is 0 Å². The highest BCUT2D eigenvalue weighted by Crippen LogP contribution is 2.22. The quantitative estimate of drug-likeness (QED) is 0.630. The van der Waals surface area contributed by atoms with Crippen LogP contribution in [0.15, 0.2) is 36.4 Å². The molecular formula is C14H16N2O2. The summed E-state index contributed by atoms with van der Waals surface area (Å²) >= 11 is 0. The van der Waals surface area contributed by atoms with Gasteiger partial charge >= 0.3 is 0 Å². The summed E-state index contributed by atoms with van der Waals surface area (Å²) < 4.78 is 0. The molecule has 1 heterocycles. The first-order chi connectivity index (χ1) is 8.65. The van der Waals surface area contributed by atoms with Gasteiger partial charge in [0.15, 0.2) is 0 Å². The van der Waals surface area contributed by atoms with E-state index in [0.717, 1.165) is 12.1 Å². The first-order valence-corrected chi connectivity index (χ1v) is 5.97. The minimum Gasteiger partial charge on any atom is -0.313 e. The maximum atomic E-state index is 12.1. The van der Waals surface area contributed by atoms with Crippen LogP contribution >= 0.6 is 0 Å². The summed E-state index contributed by atoms with van der Waals surface area (Å²) in [6.45, 7) is 7.60. The van der Waals surface area contributed by atoms with Gasteiger partial charge in [-0.25, -0.2) is 0 Å². The van der Waals surface area contributed by atoms with E-state index in [1.165, 1.54) is 4.90 Å². The predicted molar refractivity (Wildman–Crippen MR) is 69.5 cm³/mol. The van der Waals surface area contributed by atoms with Crippen molar-refractivity contribution in [2.75, 3.05) is 19.6 Å². The average Bonchev–Trinajstić information content (AvgIpc) is 2.62. The van der Waals surface area contributed by atoms with Gasteiger partial charge in [0, 0.05) is 6.54 Å². The Hall–Kier alpha value is -1.94. The second-order valence-electron chi connectivity index (χ2n) is 4.27. The highest BCUT2D eigenvalue weighted by Gasteiger charge is 2.34. The van der Waals surface area contributed by atoms with Crippen LogP contribution in [0.3, 0.4) is 0 Å². The molecule has 1 N–H and O–H groups in total. The molecule has 0 bridgehead atoms. The lowest BCUT2D eigenvalue weighted by Crippen LogP contribution is -2.33. The number of hydrogen-bond donors (Lipinski definition) is 1. The Kier molecular flexibility index (Phi) is 3.58. The fraction of sp³-hybridized carbons (Fsp3) is 0.286. The molecule has 0 saturated carbocycles. The molecule has 2 rings (SSSR count). The van der Waals surface area contributed by atoms with Crippen LogP contribution in [0.2, 0.25) is 0 Å². The number of likely N-dealkylation sites (N-methyl/N-ethyl adjacent to an activating group) is 1. The molecule has 0 fully saturated rings. The second kappa shape index (κ2) is 5.14. The summed E-state index contributed by atoms with van der Waals surface area (Å²) in [5.74, 6) is -0.457. The number of fused-ring (bicyclic) bond motifs is 1. The lowest BCUT2D eigenvalue weighted by molar-refractivity contribution is 0.0667. The summed E-state index contributed by atoms with van der Waals surface area (Å²) in [4.78, 5) is 25.4. The van der Waals surface area contributed by atoms with Gasteiger partial charge in [-0.15, -0.1) is 0 Å². The minimum absolute atomic E-state index is 0.228. The van der Waals surface area contributed by atoms with Crippen LogP contribution in [-0.4, -0.2) is 36.3 Å². The molecule has 0 atom stereocenters. The van der Waals surface area contributed by atoms with Crippen molar-refractivity contribution in [2.24, 2.45) is 0 Å². The van der Waals surface area contributed by atoms with Crippen molar-refractivity contribution in [3.8, 4) is 0 Å². The van der Waals surface area contributed by atoms with Crippen LogP contribution in [0, 0.1) is 0 Å². The van der Waals surface area contributed by atoms with Gasteiger partial charge in [0.25, 0.3) is 11.8 Å². The molecule has 0 spiro atoms. The lowest BCUT2D eigenvalue weighted by Gasteiger charge is -2.15. The molecule has 4 nitrogen and oxygen atoms in total. The Labute approximate surface area is 106 Å². The van der Waals surface area contributed by atoms with E-state index in [4.69, 9.17) is 0 Å². The number of carbonyl (C=O) groups excluding carboxylic acids is 2. The summed E-state index contributed by atoms with van der Waals surface area (Å²) in [6.07, 6.45) is 0. The van der Waals surface area contributed by atoms with Crippen LogP contribution in [-0.2, 0) is 0 Å². The molecule has 94 valence electrons. The number of rotatable bonds is 5. The van der Waals surface area contributed by atoms with Gasteiger partial charge in [0.1, 0.15) is 0 Å². The number of nitrogens with one attached hydrogen (secondary N) is 1. The number of hydrogen-bond acceptors (Lipinski definition) is 3. The largest absolute Gasteiger partial charge is 0.313 e. The number of benzene rings is 1. The smallest absolute Gasteiger partial charge is 0.261 e. The number of nitrogens with zero attached hydrogens (tertiary/aromatic N) is 1. The zero-order valence-electron chi connectivity index (χ0n) is 10.4. The van der Waals surface area contributed by atoms with Gasteiger partial charge in [-0.3, -0.25) is 14.5 Å². The molecule has 1 aromatic rings. The number of imide groups is 1.